The van der Waals surface area contributed by atoms with Gasteiger partial charge < -0.3 is 9.47 Å². The Labute approximate surface area is 165 Å². The van der Waals surface area contributed by atoms with E-state index in [-0.39, 0.29) is 11.3 Å². The van der Waals surface area contributed by atoms with Gasteiger partial charge in [0, 0.05) is 16.0 Å². The van der Waals surface area contributed by atoms with Crippen LogP contribution in [0.2, 0.25) is 5.02 Å². The molecule has 7 heteroatoms. The third kappa shape index (κ3) is 2.78. The molecule has 0 saturated carbocycles. The molecule has 0 atom stereocenters. The number of aromatic nitrogens is 2. The van der Waals surface area contributed by atoms with Gasteiger partial charge in [0.25, 0.3) is 0 Å². The highest BCUT2D eigenvalue weighted by atomic mass is 35.5. The smallest absolute Gasteiger partial charge is 0.359 e. The van der Waals surface area contributed by atoms with Gasteiger partial charge in [-0.3, -0.25) is 0 Å². The van der Waals surface area contributed by atoms with E-state index in [2.05, 4.69) is 5.10 Å². The van der Waals surface area contributed by atoms with Crippen LogP contribution in [-0.2, 0) is 9.47 Å². The Bertz CT molecular complexity index is 1250. The molecule has 4 aromatic rings. The number of hydrogen-bond donors (Lipinski definition) is 0. The molecule has 0 spiro atoms. The van der Waals surface area contributed by atoms with Gasteiger partial charge in [-0.2, -0.15) is 5.10 Å². The molecule has 2 heterocycles. The molecule has 2 aromatic heterocycles. The monoisotopic (exact) mass is 394 g/mol. The second-order valence-corrected chi connectivity index (χ2v) is 6.53. The topological polar surface area (TPSA) is 69.9 Å². The van der Waals surface area contributed by atoms with Crippen molar-refractivity contribution in [2.24, 2.45) is 0 Å². The van der Waals surface area contributed by atoms with Crippen molar-refractivity contribution in [2.45, 2.75) is 0 Å². The summed E-state index contributed by atoms with van der Waals surface area (Å²) in [7, 11) is 2.50. The van der Waals surface area contributed by atoms with Gasteiger partial charge in [0.2, 0.25) is 0 Å². The second kappa shape index (κ2) is 6.98. The average molecular weight is 395 g/mol. The SMILES string of the molecule is COC(=O)c1nn2c(-c3cccc(Cl)c3)cc3ccccc3c2c1C(=O)OC. The Balaban J connectivity index is 2.21. The highest BCUT2D eigenvalue weighted by molar-refractivity contribution is 6.30. The predicted molar refractivity (Wildman–Crippen MR) is 106 cm³/mol. The number of methoxy groups -OCH3 is 2. The summed E-state index contributed by atoms with van der Waals surface area (Å²) >= 11 is 6.17. The number of carbonyl (C=O) groups excluding carboxylic acids is 2. The number of halogens is 1. The van der Waals surface area contributed by atoms with Crippen LogP contribution < -0.4 is 0 Å². The molecule has 0 fully saturated rings. The minimum Gasteiger partial charge on any atom is -0.465 e. The molecule has 0 unspecified atom stereocenters. The Kier molecular flexibility index (Phi) is 4.49. The fraction of sp³-hybridized carbons (Fsp3) is 0.0952. The quantitative estimate of drug-likeness (QED) is 0.482. The molecule has 140 valence electrons. The van der Waals surface area contributed by atoms with Gasteiger partial charge in [0.05, 0.1) is 25.4 Å². The minimum absolute atomic E-state index is 0.0643. The summed E-state index contributed by atoms with van der Waals surface area (Å²) in [6.07, 6.45) is 0. The van der Waals surface area contributed by atoms with Gasteiger partial charge in [-0.25, -0.2) is 14.1 Å². The molecular weight excluding hydrogens is 380 g/mol. The number of pyridine rings is 1. The number of rotatable bonds is 3. The maximum atomic E-state index is 12.6. The van der Waals surface area contributed by atoms with Crippen LogP contribution in [0.15, 0.2) is 54.6 Å². The van der Waals surface area contributed by atoms with Crippen molar-refractivity contribution in [3.05, 3.63) is 70.9 Å². The molecule has 0 bridgehead atoms. The first-order valence-corrected chi connectivity index (χ1v) is 8.80. The molecule has 0 amide bonds. The number of carbonyl (C=O) groups is 2. The first-order chi connectivity index (χ1) is 13.5. The Morgan fingerprint density at radius 2 is 1.71 bits per heavy atom. The van der Waals surface area contributed by atoms with Crippen molar-refractivity contribution in [3.63, 3.8) is 0 Å². The standard InChI is InChI=1S/C21H15ClN2O4/c1-27-20(25)17-18(21(26)28-2)23-24-16(13-7-5-8-14(22)10-13)11-12-6-3-4-9-15(12)19(17)24/h3-11H,1-2H3. The summed E-state index contributed by atoms with van der Waals surface area (Å²) in [5.41, 5.74) is 1.90. The summed E-state index contributed by atoms with van der Waals surface area (Å²) in [6.45, 7) is 0. The Morgan fingerprint density at radius 1 is 0.964 bits per heavy atom. The highest BCUT2D eigenvalue weighted by Crippen LogP contribution is 2.33. The molecule has 2 aromatic carbocycles. The van der Waals surface area contributed by atoms with Gasteiger partial charge in [-0.05, 0) is 23.6 Å². The number of benzene rings is 2. The molecule has 0 radical (unpaired) electrons. The third-order valence-electron chi connectivity index (χ3n) is 4.51. The van der Waals surface area contributed by atoms with Gasteiger partial charge in [-0.15, -0.1) is 0 Å². The van der Waals surface area contributed by atoms with E-state index in [4.69, 9.17) is 21.1 Å². The van der Waals surface area contributed by atoms with Crippen LogP contribution in [0, 0.1) is 0 Å². The van der Waals surface area contributed by atoms with Crippen molar-refractivity contribution in [1.29, 1.82) is 0 Å². The van der Waals surface area contributed by atoms with Crippen LogP contribution in [0.25, 0.3) is 27.5 Å². The molecule has 28 heavy (non-hydrogen) atoms. The van der Waals surface area contributed by atoms with Gasteiger partial charge in [0.15, 0.2) is 5.69 Å². The maximum absolute atomic E-state index is 12.6. The highest BCUT2D eigenvalue weighted by Gasteiger charge is 2.28. The van der Waals surface area contributed by atoms with Crippen molar-refractivity contribution >= 4 is 39.8 Å². The van der Waals surface area contributed by atoms with E-state index in [1.165, 1.54) is 14.2 Å². The molecule has 0 saturated heterocycles. The lowest BCUT2D eigenvalue weighted by Crippen LogP contribution is -2.10. The van der Waals surface area contributed by atoms with Gasteiger partial charge >= 0.3 is 11.9 Å². The van der Waals surface area contributed by atoms with Crippen LogP contribution in [0.4, 0.5) is 0 Å². The van der Waals surface area contributed by atoms with Crippen molar-refractivity contribution < 1.29 is 19.1 Å². The zero-order chi connectivity index (χ0) is 19.8. The first-order valence-electron chi connectivity index (χ1n) is 8.42. The molecule has 0 N–H and O–H groups in total. The summed E-state index contributed by atoms with van der Waals surface area (Å²) in [6, 6.07) is 16.7. The number of ether oxygens (including phenoxy) is 2. The van der Waals surface area contributed by atoms with Crippen LogP contribution in [0.3, 0.4) is 0 Å². The summed E-state index contributed by atoms with van der Waals surface area (Å²) in [4.78, 5) is 24.9. The lowest BCUT2D eigenvalue weighted by Gasteiger charge is -2.10. The largest absolute Gasteiger partial charge is 0.465 e. The number of esters is 2. The molecule has 4 rings (SSSR count). The Hall–Kier alpha value is -3.38. The molecule has 0 aliphatic heterocycles. The molecule has 6 nitrogen and oxygen atoms in total. The third-order valence-corrected chi connectivity index (χ3v) is 4.75. The van der Waals surface area contributed by atoms with E-state index in [1.807, 2.05) is 42.5 Å². The van der Waals surface area contributed by atoms with Crippen molar-refractivity contribution in [1.82, 2.24) is 9.61 Å². The Morgan fingerprint density at radius 3 is 2.43 bits per heavy atom. The van der Waals surface area contributed by atoms with E-state index in [1.54, 1.807) is 16.6 Å². The summed E-state index contributed by atoms with van der Waals surface area (Å²) in [5, 5.41) is 6.61. The van der Waals surface area contributed by atoms with Crippen molar-refractivity contribution in [2.75, 3.05) is 14.2 Å². The van der Waals surface area contributed by atoms with Crippen LogP contribution >= 0.6 is 11.6 Å². The molecular formula is C21H15ClN2O4. The fourth-order valence-corrected chi connectivity index (χ4v) is 3.47. The summed E-state index contributed by atoms with van der Waals surface area (Å²) in [5.74, 6) is -1.38. The zero-order valence-electron chi connectivity index (χ0n) is 15.1. The number of fused-ring (bicyclic) bond motifs is 3. The van der Waals surface area contributed by atoms with E-state index in [0.29, 0.717) is 16.2 Å². The lowest BCUT2D eigenvalue weighted by atomic mass is 10.0. The van der Waals surface area contributed by atoms with Crippen LogP contribution in [0.5, 0.6) is 0 Å². The second-order valence-electron chi connectivity index (χ2n) is 6.09. The first kappa shape index (κ1) is 18.0. The normalized spacial score (nSPS) is 11.0. The maximum Gasteiger partial charge on any atom is 0.359 e. The van der Waals surface area contributed by atoms with Gasteiger partial charge in [0.1, 0.15) is 5.56 Å². The average Bonchev–Trinajstić information content (AvgIpc) is 3.13. The van der Waals surface area contributed by atoms with E-state index < -0.39 is 11.9 Å². The molecule has 0 aliphatic rings. The predicted octanol–water partition coefficient (Wildman–Crippen LogP) is 4.38. The van der Waals surface area contributed by atoms with Crippen LogP contribution in [0.1, 0.15) is 20.8 Å². The van der Waals surface area contributed by atoms with Gasteiger partial charge in [-0.1, -0.05) is 48.0 Å². The fourth-order valence-electron chi connectivity index (χ4n) is 3.28. The lowest BCUT2D eigenvalue weighted by molar-refractivity contribution is 0.0553. The minimum atomic E-state index is -0.717. The number of hydrogen-bond acceptors (Lipinski definition) is 5. The van der Waals surface area contributed by atoms with Crippen LogP contribution in [-0.4, -0.2) is 35.8 Å². The molecule has 0 aliphatic carbocycles. The number of nitrogens with zero attached hydrogens (tertiary/aromatic N) is 2. The zero-order valence-corrected chi connectivity index (χ0v) is 15.9. The van der Waals surface area contributed by atoms with E-state index >= 15 is 0 Å². The summed E-state index contributed by atoms with van der Waals surface area (Å²) < 4.78 is 11.3. The van der Waals surface area contributed by atoms with E-state index in [0.717, 1.165) is 16.3 Å². The van der Waals surface area contributed by atoms with Crippen molar-refractivity contribution in [3.8, 4) is 11.3 Å². The van der Waals surface area contributed by atoms with E-state index in [9.17, 15) is 9.59 Å².